The smallest absolute Gasteiger partial charge is 0.366 e. The van der Waals surface area contributed by atoms with Gasteiger partial charge in [-0.05, 0) is 12.1 Å². The standard InChI is InChI=1S/C9H6ClF3N2O/c10-6-3-5(9(11,12)13)4-15-7(6)1-2-8(14)16/h1-4H,(H2,14,16)/b2-1+. The van der Waals surface area contributed by atoms with E-state index in [0.29, 0.717) is 6.20 Å². The molecule has 3 nitrogen and oxygen atoms in total. The highest BCUT2D eigenvalue weighted by atomic mass is 35.5. The van der Waals surface area contributed by atoms with E-state index in [9.17, 15) is 18.0 Å². The van der Waals surface area contributed by atoms with Gasteiger partial charge in [-0.25, -0.2) is 0 Å². The Kier molecular flexibility index (Phi) is 3.54. The number of rotatable bonds is 2. The predicted molar refractivity (Wildman–Crippen MR) is 52.5 cm³/mol. The Morgan fingerprint density at radius 1 is 1.50 bits per heavy atom. The molecule has 1 aromatic rings. The van der Waals surface area contributed by atoms with Gasteiger partial charge in [-0.1, -0.05) is 11.6 Å². The summed E-state index contributed by atoms with van der Waals surface area (Å²) in [5, 5.41) is -0.202. The van der Waals surface area contributed by atoms with Crippen LogP contribution in [0.15, 0.2) is 18.3 Å². The zero-order chi connectivity index (χ0) is 12.3. The molecule has 86 valence electrons. The Morgan fingerprint density at radius 2 is 2.12 bits per heavy atom. The molecule has 0 bridgehead atoms. The zero-order valence-electron chi connectivity index (χ0n) is 7.75. The van der Waals surface area contributed by atoms with E-state index in [1.165, 1.54) is 0 Å². The van der Waals surface area contributed by atoms with Crippen molar-refractivity contribution in [1.29, 1.82) is 0 Å². The van der Waals surface area contributed by atoms with E-state index in [2.05, 4.69) is 4.98 Å². The molecule has 1 rings (SSSR count). The van der Waals surface area contributed by atoms with E-state index in [-0.39, 0.29) is 10.7 Å². The molecular weight excluding hydrogens is 245 g/mol. The molecule has 16 heavy (non-hydrogen) atoms. The molecule has 0 saturated heterocycles. The number of pyridine rings is 1. The molecule has 0 aliphatic carbocycles. The highest BCUT2D eigenvalue weighted by molar-refractivity contribution is 6.32. The Labute approximate surface area is 93.7 Å². The van der Waals surface area contributed by atoms with Crippen LogP contribution in [0.1, 0.15) is 11.3 Å². The lowest BCUT2D eigenvalue weighted by molar-refractivity contribution is -0.137. The molecule has 0 fully saturated rings. The molecule has 0 unspecified atom stereocenters. The zero-order valence-corrected chi connectivity index (χ0v) is 8.51. The Balaban J connectivity index is 3.05. The first-order valence-electron chi connectivity index (χ1n) is 4.01. The van der Waals surface area contributed by atoms with Gasteiger partial charge < -0.3 is 5.73 Å². The van der Waals surface area contributed by atoms with E-state index in [0.717, 1.165) is 18.2 Å². The van der Waals surface area contributed by atoms with Crippen LogP contribution in [0.3, 0.4) is 0 Å². The van der Waals surface area contributed by atoms with E-state index in [1.54, 1.807) is 0 Å². The van der Waals surface area contributed by atoms with E-state index >= 15 is 0 Å². The molecule has 0 spiro atoms. The number of hydrogen-bond acceptors (Lipinski definition) is 2. The summed E-state index contributed by atoms with van der Waals surface area (Å²) in [7, 11) is 0. The summed E-state index contributed by atoms with van der Waals surface area (Å²) < 4.78 is 36.7. The molecule has 0 aromatic carbocycles. The molecule has 1 heterocycles. The lowest BCUT2D eigenvalue weighted by Gasteiger charge is -2.06. The lowest BCUT2D eigenvalue weighted by Crippen LogP contribution is -2.07. The van der Waals surface area contributed by atoms with Gasteiger partial charge in [-0.3, -0.25) is 9.78 Å². The Morgan fingerprint density at radius 3 is 2.56 bits per heavy atom. The van der Waals surface area contributed by atoms with Gasteiger partial charge in [0.1, 0.15) is 0 Å². The molecule has 0 atom stereocenters. The average Bonchev–Trinajstić information content (AvgIpc) is 2.14. The lowest BCUT2D eigenvalue weighted by atomic mass is 10.2. The maximum atomic E-state index is 12.2. The van der Waals surface area contributed by atoms with Crippen LogP contribution in [0.25, 0.3) is 6.08 Å². The third kappa shape index (κ3) is 3.23. The van der Waals surface area contributed by atoms with Crippen molar-refractivity contribution in [1.82, 2.24) is 4.98 Å². The van der Waals surface area contributed by atoms with Crippen molar-refractivity contribution >= 4 is 23.6 Å². The molecule has 0 aliphatic rings. The van der Waals surface area contributed by atoms with Crippen molar-refractivity contribution in [3.05, 3.63) is 34.6 Å². The second-order valence-corrected chi connectivity index (χ2v) is 3.23. The van der Waals surface area contributed by atoms with E-state index in [4.69, 9.17) is 17.3 Å². The molecule has 1 aromatic heterocycles. The highest BCUT2D eigenvalue weighted by Gasteiger charge is 2.31. The van der Waals surface area contributed by atoms with Crippen LogP contribution in [-0.4, -0.2) is 10.9 Å². The molecule has 7 heteroatoms. The second-order valence-electron chi connectivity index (χ2n) is 2.82. The van der Waals surface area contributed by atoms with Crippen molar-refractivity contribution in [2.45, 2.75) is 6.18 Å². The average molecular weight is 251 g/mol. The maximum Gasteiger partial charge on any atom is 0.417 e. The minimum atomic E-state index is -4.50. The van der Waals surface area contributed by atoms with Crippen LogP contribution in [0.4, 0.5) is 13.2 Å². The monoisotopic (exact) mass is 250 g/mol. The second kappa shape index (κ2) is 4.52. The largest absolute Gasteiger partial charge is 0.417 e. The van der Waals surface area contributed by atoms with Gasteiger partial charge in [0, 0.05) is 12.3 Å². The van der Waals surface area contributed by atoms with Crippen LogP contribution in [0, 0.1) is 0 Å². The first-order valence-corrected chi connectivity index (χ1v) is 4.39. The van der Waals surface area contributed by atoms with Crippen LogP contribution in [0.2, 0.25) is 5.02 Å². The van der Waals surface area contributed by atoms with E-state index < -0.39 is 17.6 Å². The quantitative estimate of drug-likeness (QED) is 0.819. The molecule has 0 radical (unpaired) electrons. The van der Waals surface area contributed by atoms with Crippen LogP contribution >= 0.6 is 11.6 Å². The fraction of sp³-hybridized carbons (Fsp3) is 0.111. The summed E-state index contributed by atoms with van der Waals surface area (Å²) >= 11 is 5.55. The fourth-order valence-corrected chi connectivity index (χ4v) is 1.12. The molecule has 0 aliphatic heterocycles. The topological polar surface area (TPSA) is 56.0 Å². The van der Waals surface area contributed by atoms with Crippen molar-refractivity contribution in [2.75, 3.05) is 0 Å². The summed E-state index contributed by atoms with van der Waals surface area (Å²) in [5.74, 6) is -0.738. The SMILES string of the molecule is NC(=O)/C=C/c1ncc(C(F)(F)F)cc1Cl. The predicted octanol–water partition coefficient (Wildman–Crippen LogP) is 2.25. The van der Waals surface area contributed by atoms with Gasteiger partial charge in [0.05, 0.1) is 16.3 Å². The number of carbonyl (C=O) groups excluding carboxylic acids is 1. The summed E-state index contributed by atoms with van der Waals surface area (Å²) in [6.45, 7) is 0. The van der Waals surface area contributed by atoms with Gasteiger partial charge >= 0.3 is 6.18 Å². The summed E-state index contributed by atoms with van der Waals surface area (Å²) in [4.78, 5) is 13.9. The number of alkyl halides is 3. The number of nitrogens with two attached hydrogens (primary N) is 1. The summed E-state index contributed by atoms with van der Waals surface area (Å²) in [6.07, 6.45) is -1.76. The molecule has 2 N–H and O–H groups in total. The number of halogens is 4. The van der Waals surface area contributed by atoms with Gasteiger partial charge in [0.2, 0.25) is 5.91 Å². The third-order valence-corrected chi connectivity index (χ3v) is 1.91. The summed E-state index contributed by atoms with van der Waals surface area (Å²) in [6, 6.07) is 0.731. The normalized spacial score (nSPS) is 12.0. The first-order chi connectivity index (χ1) is 7.30. The minimum Gasteiger partial charge on any atom is -0.366 e. The third-order valence-electron chi connectivity index (χ3n) is 1.60. The molecular formula is C9H6ClF3N2O. The molecule has 0 saturated carbocycles. The van der Waals surface area contributed by atoms with Crippen LogP contribution in [-0.2, 0) is 11.0 Å². The van der Waals surface area contributed by atoms with Crippen molar-refractivity contribution in [3.8, 4) is 0 Å². The summed E-state index contributed by atoms with van der Waals surface area (Å²) in [5.41, 5.74) is 3.91. The van der Waals surface area contributed by atoms with Gasteiger partial charge in [-0.2, -0.15) is 13.2 Å². The number of primary amides is 1. The van der Waals surface area contributed by atoms with Crippen molar-refractivity contribution in [2.24, 2.45) is 5.73 Å². The number of nitrogens with zero attached hydrogens (tertiary/aromatic N) is 1. The number of hydrogen-bond donors (Lipinski definition) is 1. The van der Waals surface area contributed by atoms with E-state index in [1.807, 2.05) is 0 Å². The maximum absolute atomic E-state index is 12.2. The van der Waals surface area contributed by atoms with Crippen molar-refractivity contribution < 1.29 is 18.0 Å². The fourth-order valence-electron chi connectivity index (χ4n) is 0.887. The molecule has 1 amide bonds. The Bertz CT molecular complexity index is 443. The van der Waals surface area contributed by atoms with Gasteiger partial charge in [0.15, 0.2) is 0 Å². The van der Waals surface area contributed by atoms with Gasteiger partial charge in [0.25, 0.3) is 0 Å². The number of amides is 1. The van der Waals surface area contributed by atoms with Crippen LogP contribution < -0.4 is 5.73 Å². The number of aromatic nitrogens is 1. The highest BCUT2D eigenvalue weighted by Crippen LogP contribution is 2.31. The first kappa shape index (κ1) is 12.5. The Hall–Kier alpha value is -1.56. The van der Waals surface area contributed by atoms with Crippen molar-refractivity contribution in [3.63, 3.8) is 0 Å². The van der Waals surface area contributed by atoms with Gasteiger partial charge in [-0.15, -0.1) is 0 Å². The van der Waals surface area contributed by atoms with Crippen LogP contribution in [0.5, 0.6) is 0 Å². The number of carbonyl (C=O) groups is 1. The minimum absolute atomic E-state index is 0.0495.